The molecule has 1 aliphatic heterocycles. The maximum atomic E-state index is 13.5. The Hall–Kier alpha value is -4.06. The maximum Gasteiger partial charge on any atom is 0.300 e. The van der Waals surface area contributed by atoms with Gasteiger partial charge >= 0.3 is 0 Å². The van der Waals surface area contributed by atoms with E-state index in [0.717, 1.165) is 16.8 Å². The molecule has 0 radical (unpaired) electrons. The molecule has 1 heterocycles. The number of carbonyl (C=O) groups excluding carboxylic acids is 2. The van der Waals surface area contributed by atoms with Crippen LogP contribution in [-0.2, 0) is 15.0 Å². The van der Waals surface area contributed by atoms with E-state index in [4.69, 9.17) is 4.74 Å². The van der Waals surface area contributed by atoms with Gasteiger partial charge in [0, 0.05) is 31.0 Å². The first-order chi connectivity index (χ1) is 17.9. The Morgan fingerprint density at radius 1 is 0.895 bits per heavy atom. The summed E-state index contributed by atoms with van der Waals surface area (Å²) in [5.41, 5.74) is 3.88. The van der Waals surface area contributed by atoms with Gasteiger partial charge in [0.05, 0.1) is 17.7 Å². The molecule has 6 nitrogen and oxygen atoms in total. The maximum absolute atomic E-state index is 13.5. The van der Waals surface area contributed by atoms with E-state index in [1.807, 2.05) is 81.4 Å². The molecular formula is C32H36N2O4. The number of amides is 1. The zero-order valence-electron chi connectivity index (χ0n) is 23.1. The molecule has 3 aromatic carbocycles. The Balaban J connectivity index is 1.85. The zero-order valence-corrected chi connectivity index (χ0v) is 23.1. The van der Waals surface area contributed by atoms with E-state index >= 15 is 0 Å². The van der Waals surface area contributed by atoms with Gasteiger partial charge in [0.15, 0.2) is 0 Å². The minimum atomic E-state index is -0.779. The predicted octanol–water partition coefficient (Wildman–Crippen LogP) is 6.46. The summed E-state index contributed by atoms with van der Waals surface area (Å²) in [6, 6.07) is 21.5. The molecule has 3 aromatic rings. The lowest BCUT2D eigenvalue weighted by atomic mass is 9.87. The second kappa shape index (κ2) is 10.4. The minimum Gasteiger partial charge on any atom is -0.507 e. The van der Waals surface area contributed by atoms with Gasteiger partial charge in [-0.2, -0.15) is 0 Å². The summed E-state index contributed by atoms with van der Waals surface area (Å²) in [4.78, 5) is 30.4. The molecule has 4 rings (SSSR count). The monoisotopic (exact) mass is 512 g/mol. The van der Waals surface area contributed by atoms with Crippen LogP contribution in [0, 0.1) is 0 Å². The van der Waals surface area contributed by atoms with Gasteiger partial charge in [-0.1, -0.05) is 45.0 Å². The van der Waals surface area contributed by atoms with E-state index < -0.39 is 17.7 Å². The zero-order chi connectivity index (χ0) is 27.8. The van der Waals surface area contributed by atoms with Crippen LogP contribution >= 0.6 is 0 Å². The van der Waals surface area contributed by atoms with Crippen LogP contribution in [0.1, 0.15) is 57.4 Å². The van der Waals surface area contributed by atoms with Crippen LogP contribution in [0.4, 0.5) is 11.4 Å². The van der Waals surface area contributed by atoms with Crippen LogP contribution in [0.2, 0.25) is 0 Å². The molecule has 6 heteroatoms. The van der Waals surface area contributed by atoms with E-state index in [-0.39, 0.29) is 22.9 Å². The number of hydrogen-bond donors (Lipinski definition) is 1. The second-order valence-electron chi connectivity index (χ2n) is 11.1. The topological polar surface area (TPSA) is 70.1 Å². The van der Waals surface area contributed by atoms with E-state index in [0.29, 0.717) is 17.0 Å². The van der Waals surface area contributed by atoms with Crippen LogP contribution in [-0.4, -0.2) is 37.0 Å². The highest BCUT2D eigenvalue weighted by molar-refractivity contribution is 6.51. The van der Waals surface area contributed by atoms with E-state index in [1.165, 1.54) is 4.90 Å². The number of ether oxygens (including phenoxy) is 1. The Morgan fingerprint density at radius 3 is 1.97 bits per heavy atom. The molecule has 1 N–H and O–H groups in total. The summed E-state index contributed by atoms with van der Waals surface area (Å²) in [7, 11) is 3.90. The van der Waals surface area contributed by atoms with Crippen molar-refractivity contribution in [1.82, 2.24) is 0 Å². The first-order valence-electron chi connectivity index (χ1n) is 12.8. The van der Waals surface area contributed by atoms with E-state index in [9.17, 15) is 14.7 Å². The van der Waals surface area contributed by atoms with Crippen LogP contribution in [0.3, 0.4) is 0 Å². The fourth-order valence-electron chi connectivity index (χ4n) is 4.61. The SMILES string of the molecule is CC(C)Oc1ccc(/C(O)=C2\C(=O)C(=O)N(c3ccc(C(C)(C)C)cc3)C2c2ccc(N(C)C)cc2)cc1. The van der Waals surface area contributed by atoms with Crippen molar-refractivity contribution in [2.45, 2.75) is 52.2 Å². The molecule has 38 heavy (non-hydrogen) atoms. The van der Waals surface area contributed by atoms with Gasteiger partial charge < -0.3 is 14.7 Å². The molecular weight excluding hydrogens is 476 g/mol. The van der Waals surface area contributed by atoms with Crippen LogP contribution in [0.5, 0.6) is 5.75 Å². The molecule has 0 aliphatic carbocycles. The first-order valence-corrected chi connectivity index (χ1v) is 12.8. The Bertz CT molecular complexity index is 1350. The molecule has 1 atom stereocenters. The number of nitrogens with zero attached hydrogens (tertiary/aromatic N) is 2. The molecule has 1 aliphatic rings. The Kier molecular flexibility index (Phi) is 7.36. The Labute approximate surface area is 225 Å². The number of aliphatic hydroxyl groups is 1. The highest BCUT2D eigenvalue weighted by Crippen LogP contribution is 2.43. The molecule has 0 saturated carbocycles. The number of benzene rings is 3. The van der Waals surface area contributed by atoms with Crippen molar-refractivity contribution < 1.29 is 19.4 Å². The summed E-state index contributed by atoms with van der Waals surface area (Å²) in [6.07, 6.45) is 0.00887. The molecule has 1 saturated heterocycles. The molecule has 0 aromatic heterocycles. The van der Waals surface area contributed by atoms with E-state index in [1.54, 1.807) is 24.3 Å². The highest BCUT2D eigenvalue weighted by Gasteiger charge is 2.47. The number of hydrogen-bond acceptors (Lipinski definition) is 5. The third kappa shape index (κ3) is 5.30. The smallest absolute Gasteiger partial charge is 0.300 e. The lowest BCUT2D eigenvalue weighted by molar-refractivity contribution is -0.132. The lowest BCUT2D eigenvalue weighted by Crippen LogP contribution is -2.29. The molecule has 198 valence electrons. The minimum absolute atomic E-state index is 0.00887. The third-order valence-electron chi connectivity index (χ3n) is 6.68. The van der Waals surface area contributed by atoms with Crippen LogP contribution in [0.15, 0.2) is 78.4 Å². The Morgan fingerprint density at radius 2 is 1.47 bits per heavy atom. The van der Waals surface area contributed by atoms with Gasteiger partial charge in [0.2, 0.25) is 0 Å². The van der Waals surface area contributed by atoms with Crippen molar-refractivity contribution in [3.63, 3.8) is 0 Å². The molecule has 1 fully saturated rings. The number of rotatable bonds is 6. The van der Waals surface area contributed by atoms with Crippen LogP contribution < -0.4 is 14.5 Å². The van der Waals surface area contributed by atoms with Gasteiger partial charge in [-0.25, -0.2) is 0 Å². The molecule has 0 bridgehead atoms. The summed E-state index contributed by atoms with van der Waals surface area (Å²) in [6.45, 7) is 10.2. The normalized spacial score (nSPS) is 17.3. The van der Waals surface area contributed by atoms with Crippen molar-refractivity contribution in [3.8, 4) is 5.75 Å². The highest BCUT2D eigenvalue weighted by atomic mass is 16.5. The predicted molar refractivity (Wildman–Crippen MR) is 153 cm³/mol. The standard InChI is InChI=1S/C32H36N2O4/c1-20(2)38-26-18-10-22(11-19-26)29(35)27-28(21-8-14-24(15-9-21)33(6)7)34(31(37)30(27)36)25-16-12-23(13-17-25)32(3,4)5/h8-20,28,35H,1-7H3/b29-27+. The first kappa shape index (κ1) is 27.0. The van der Waals surface area contributed by atoms with Gasteiger partial charge in [0.25, 0.3) is 11.7 Å². The fraction of sp³-hybridized carbons (Fsp3) is 0.312. The van der Waals surface area contributed by atoms with Gasteiger partial charge in [0.1, 0.15) is 11.5 Å². The number of aliphatic hydroxyl groups excluding tert-OH is 1. The molecule has 1 unspecified atom stereocenters. The average molecular weight is 513 g/mol. The van der Waals surface area contributed by atoms with Gasteiger partial charge in [-0.3, -0.25) is 14.5 Å². The molecule has 0 spiro atoms. The summed E-state index contributed by atoms with van der Waals surface area (Å²) >= 11 is 0. The number of anilines is 2. The molecule has 1 amide bonds. The summed E-state index contributed by atoms with van der Waals surface area (Å²) in [5, 5.41) is 11.4. The fourth-order valence-corrected chi connectivity index (χ4v) is 4.61. The van der Waals surface area contributed by atoms with Crippen LogP contribution in [0.25, 0.3) is 5.76 Å². The van der Waals surface area contributed by atoms with Crippen molar-refractivity contribution >= 4 is 28.8 Å². The van der Waals surface area contributed by atoms with Gasteiger partial charge in [-0.15, -0.1) is 0 Å². The van der Waals surface area contributed by atoms with Gasteiger partial charge in [-0.05, 0) is 78.9 Å². The number of carbonyl (C=O) groups is 2. The summed E-state index contributed by atoms with van der Waals surface area (Å²) in [5.74, 6) is -0.940. The lowest BCUT2D eigenvalue weighted by Gasteiger charge is -2.27. The quantitative estimate of drug-likeness (QED) is 0.233. The van der Waals surface area contributed by atoms with Crippen molar-refractivity contribution in [2.75, 3.05) is 23.9 Å². The van der Waals surface area contributed by atoms with Crippen molar-refractivity contribution in [1.29, 1.82) is 0 Å². The largest absolute Gasteiger partial charge is 0.507 e. The number of ketones is 1. The second-order valence-corrected chi connectivity index (χ2v) is 11.1. The third-order valence-corrected chi connectivity index (χ3v) is 6.68. The van der Waals surface area contributed by atoms with Crippen molar-refractivity contribution in [2.24, 2.45) is 0 Å². The van der Waals surface area contributed by atoms with Crippen molar-refractivity contribution in [3.05, 3.63) is 95.1 Å². The van der Waals surface area contributed by atoms with E-state index in [2.05, 4.69) is 20.8 Å². The average Bonchev–Trinajstić information content (AvgIpc) is 3.13. The number of Topliss-reactive ketones (excluding diaryl/α,β-unsaturated/α-hetero) is 1. The summed E-state index contributed by atoms with van der Waals surface area (Å²) < 4.78 is 5.71.